The fraction of sp³-hybridized carbons (Fsp3) is 0.688. The molecule has 2 aromatic heterocycles. The maximum Gasteiger partial charge on any atom is 0.490 e. The van der Waals surface area contributed by atoms with Gasteiger partial charge in [-0.3, -0.25) is 13.9 Å². The van der Waals surface area contributed by atoms with Crippen molar-refractivity contribution in [2.45, 2.75) is 63.9 Å². The number of nitrogens with one attached hydrogen (secondary N) is 1. The van der Waals surface area contributed by atoms with Crippen LogP contribution in [0.25, 0.3) is 11.2 Å². The zero-order valence-electron chi connectivity index (χ0n) is 19.6. The van der Waals surface area contributed by atoms with Crippen molar-refractivity contribution >= 4 is 34.6 Å². The Morgan fingerprint density at radius 1 is 1.08 bits per heavy atom. The van der Waals surface area contributed by atoms with Crippen LogP contribution in [-0.2, 0) is 41.1 Å². The fourth-order valence-electron chi connectivity index (χ4n) is 4.13. The molecule has 2 aromatic rings. The Labute approximate surface area is 208 Å². The smallest absolute Gasteiger partial charge is 0.347 e. The van der Waals surface area contributed by atoms with E-state index >= 15 is 0 Å². The summed E-state index contributed by atoms with van der Waals surface area (Å²) in [5.41, 5.74) is -0.244. The summed E-state index contributed by atoms with van der Waals surface area (Å²) >= 11 is 0. The van der Waals surface area contributed by atoms with Gasteiger partial charge in [0.1, 0.15) is 24.1 Å². The lowest BCUT2D eigenvalue weighted by molar-refractivity contribution is -0.222. The first kappa shape index (κ1) is 28.6. The number of fused-ring (bicyclic) bond motifs is 2. The molecule has 0 bridgehead atoms. The summed E-state index contributed by atoms with van der Waals surface area (Å²) in [5, 5.41) is 0. The Morgan fingerprint density at radius 3 is 2.35 bits per heavy atom. The molecule has 4 rings (SSSR count). The van der Waals surface area contributed by atoms with Gasteiger partial charge in [-0.2, -0.15) is 8.62 Å². The molecule has 6 atom stereocenters. The van der Waals surface area contributed by atoms with E-state index in [-0.39, 0.29) is 11.2 Å². The number of hydrogen-bond donors (Lipinski definition) is 5. The van der Waals surface area contributed by atoms with Crippen LogP contribution in [0.3, 0.4) is 0 Å². The molecule has 2 aliphatic rings. The average Bonchev–Trinajstić information content (AvgIpc) is 3.41. The molecule has 21 heteroatoms. The zero-order valence-corrected chi connectivity index (χ0v) is 22.2. The Hall–Kier alpha value is -1.36. The third-order valence-corrected chi connectivity index (χ3v) is 9.51. The van der Waals surface area contributed by atoms with E-state index in [0.29, 0.717) is 18.7 Å². The summed E-state index contributed by atoms with van der Waals surface area (Å²) in [7, 11) is -16.6. The van der Waals surface area contributed by atoms with Crippen molar-refractivity contribution in [2.24, 2.45) is 0 Å². The molecule has 4 heterocycles. The molecule has 0 saturated carbocycles. The average molecular weight is 590 g/mol. The number of ether oxygens (including phenoxy) is 3. The molecular formula is C16H25N4O14P3. The first-order chi connectivity index (χ1) is 17.1. The highest BCUT2D eigenvalue weighted by molar-refractivity contribution is 7.66. The molecule has 2 saturated heterocycles. The second-order valence-electron chi connectivity index (χ2n) is 8.21. The Kier molecular flexibility index (Phi) is 7.73. The molecule has 208 valence electrons. The lowest BCUT2D eigenvalue weighted by atomic mass is 10.1. The maximum absolute atomic E-state index is 12.3. The highest BCUT2D eigenvalue weighted by Crippen LogP contribution is 2.66. The van der Waals surface area contributed by atoms with Crippen molar-refractivity contribution in [1.82, 2.24) is 19.5 Å². The van der Waals surface area contributed by atoms with E-state index in [1.165, 1.54) is 10.9 Å². The number of H-pyrrole nitrogens is 1. The molecule has 2 fully saturated rings. The van der Waals surface area contributed by atoms with Gasteiger partial charge in [0.25, 0.3) is 5.56 Å². The summed E-state index contributed by atoms with van der Waals surface area (Å²) in [4.78, 5) is 59.7. The molecule has 0 aliphatic carbocycles. The van der Waals surface area contributed by atoms with E-state index in [1.54, 1.807) is 6.92 Å². The van der Waals surface area contributed by atoms with E-state index in [1.807, 2.05) is 13.8 Å². The van der Waals surface area contributed by atoms with Crippen LogP contribution in [0, 0.1) is 6.92 Å². The summed E-state index contributed by atoms with van der Waals surface area (Å²) in [5.74, 6) is -0.706. The zero-order chi connectivity index (χ0) is 27.4. The number of nitrogens with zero attached hydrogens (tertiary/aromatic N) is 3. The van der Waals surface area contributed by atoms with Gasteiger partial charge in [-0.15, -0.1) is 0 Å². The van der Waals surface area contributed by atoms with Crippen molar-refractivity contribution in [3.63, 3.8) is 0 Å². The number of phosphoric ester groups is 1. The maximum atomic E-state index is 12.3. The minimum Gasteiger partial charge on any atom is -0.347 e. The first-order valence-electron chi connectivity index (χ1n) is 10.8. The summed E-state index contributed by atoms with van der Waals surface area (Å²) in [6.45, 7) is 4.50. The largest absolute Gasteiger partial charge is 0.490 e. The topological polar surface area (TPSA) is 251 Å². The minimum absolute atomic E-state index is 0.0404. The van der Waals surface area contributed by atoms with Gasteiger partial charge in [0.05, 0.1) is 12.9 Å². The lowest BCUT2D eigenvalue weighted by Gasteiger charge is -2.29. The highest BCUT2D eigenvalue weighted by Gasteiger charge is 2.58. The predicted molar refractivity (Wildman–Crippen MR) is 120 cm³/mol. The third-order valence-electron chi connectivity index (χ3n) is 5.71. The van der Waals surface area contributed by atoms with Gasteiger partial charge in [0.2, 0.25) is 0 Å². The standard InChI is InChI=1S/C16H25N4O14P3/c1-4-16(5-2)31-11-9(6-29-36(25,26)34-37(27,28)33-35(22,23)24)30-15(12(11)32-16)20-7-17-10-13(20)18-8(3)19-14(10)21/h7,9,11-12,15H,4-6H2,1-3H3,(H,25,26)(H,27,28)(H,18,19,21)(H2,22,23,24)/t9-,11+,12?,15-/m1/s1. The molecule has 18 nitrogen and oxygen atoms in total. The number of aromatic nitrogens is 4. The van der Waals surface area contributed by atoms with E-state index in [4.69, 9.17) is 28.5 Å². The van der Waals surface area contributed by atoms with Crippen molar-refractivity contribution in [2.75, 3.05) is 6.61 Å². The van der Waals surface area contributed by atoms with Gasteiger partial charge in [0.15, 0.2) is 23.2 Å². The van der Waals surface area contributed by atoms with Crippen LogP contribution in [0.15, 0.2) is 11.1 Å². The molecule has 0 radical (unpaired) electrons. The number of hydrogen-bond acceptors (Lipinski definition) is 12. The van der Waals surface area contributed by atoms with Crippen LogP contribution < -0.4 is 5.56 Å². The number of phosphoric acid groups is 3. The van der Waals surface area contributed by atoms with Gasteiger partial charge in [-0.25, -0.2) is 23.7 Å². The second-order valence-corrected chi connectivity index (χ2v) is 12.6. The molecule has 37 heavy (non-hydrogen) atoms. The van der Waals surface area contributed by atoms with E-state index in [9.17, 15) is 28.3 Å². The Balaban J connectivity index is 1.59. The summed E-state index contributed by atoms with van der Waals surface area (Å²) in [6, 6.07) is 0. The minimum atomic E-state index is -5.69. The second kappa shape index (κ2) is 9.99. The van der Waals surface area contributed by atoms with Crippen LogP contribution in [0.1, 0.15) is 38.7 Å². The van der Waals surface area contributed by atoms with Crippen molar-refractivity contribution in [1.29, 1.82) is 0 Å². The summed E-state index contributed by atoms with van der Waals surface area (Å²) in [6.07, 6.45) is -1.58. The fourth-order valence-corrected chi connectivity index (χ4v) is 7.16. The summed E-state index contributed by atoms with van der Waals surface area (Å²) < 4.78 is 66.6. The van der Waals surface area contributed by atoms with Crippen LogP contribution in [0.4, 0.5) is 0 Å². The van der Waals surface area contributed by atoms with E-state index in [0.717, 1.165) is 0 Å². The van der Waals surface area contributed by atoms with Gasteiger partial charge in [-0.1, -0.05) is 13.8 Å². The van der Waals surface area contributed by atoms with Crippen LogP contribution >= 0.6 is 23.5 Å². The first-order valence-corrected chi connectivity index (χ1v) is 15.3. The van der Waals surface area contributed by atoms with Crippen LogP contribution in [0.2, 0.25) is 0 Å². The normalized spacial score (nSPS) is 28.7. The number of aryl methyl sites for hydroxylation is 1. The van der Waals surface area contributed by atoms with Crippen molar-refractivity contribution in [3.8, 4) is 0 Å². The molecule has 0 spiro atoms. The van der Waals surface area contributed by atoms with Crippen molar-refractivity contribution < 1.29 is 60.6 Å². The molecule has 0 aromatic carbocycles. The molecule has 0 amide bonds. The molecule has 2 aliphatic heterocycles. The number of imidazole rings is 1. The van der Waals surface area contributed by atoms with Gasteiger partial charge in [0, 0.05) is 0 Å². The van der Waals surface area contributed by atoms with Gasteiger partial charge < -0.3 is 38.8 Å². The van der Waals surface area contributed by atoms with Gasteiger partial charge >= 0.3 is 23.5 Å². The molecule has 5 N–H and O–H groups in total. The van der Waals surface area contributed by atoms with Crippen LogP contribution in [0.5, 0.6) is 0 Å². The van der Waals surface area contributed by atoms with E-state index < -0.39 is 66.0 Å². The van der Waals surface area contributed by atoms with Crippen molar-refractivity contribution in [3.05, 3.63) is 22.5 Å². The monoisotopic (exact) mass is 590 g/mol. The quantitative estimate of drug-likeness (QED) is 0.242. The highest BCUT2D eigenvalue weighted by atomic mass is 31.3. The van der Waals surface area contributed by atoms with E-state index in [2.05, 4.69) is 23.6 Å². The molecule has 3 unspecified atom stereocenters. The predicted octanol–water partition coefficient (Wildman–Crippen LogP) is 0.969. The number of rotatable bonds is 10. The third kappa shape index (κ3) is 6.12. The number of aromatic amines is 1. The van der Waals surface area contributed by atoms with Crippen LogP contribution in [-0.4, -0.2) is 69.8 Å². The van der Waals surface area contributed by atoms with Gasteiger partial charge in [-0.05, 0) is 19.8 Å². The Morgan fingerprint density at radius 2 is 1.73 bits per heavy atom. The SMILES string of the molecule is CCC1(CC)OC2[C@@H](O1)[C@@H](COP(=O)(O)OP(=O)(O)OP(=O)(O)O)O[C@H]2n1cnc2c(=O)[nH]c(C)nc21. The lowest BCUT2D eigenvalue weighted by Crippen LogP contribution is -2.35. The molecular weight excluding hydrogens is 565 g/mol. The Bertz CT molecular complexity index is 1370.